The molecule has 0 fully saturated rings. The first-order valence-corrected chi connectivity index (χ1v) is 9.06. The third-order valence-corrected chi connectivity index (χ3v) is 4.38. The zero-order chi connectivity index (χ0) is 19.9. The maximum Gasteiger partial charge on any atom is 0.335 e. The van der Waals surface area contributed by atoms with Crippen LogP contribution in [0.15, 0.2) is 41.7 Å². The number of nitrogens with zero attached hydrogens (tertiary/aromatic N) is 3. The molecule has 0 aliphatic carbocycles. The van der Waals surface area contributed by atoms with Gasteiger partial charge in [0.05, 0.1) is 18.2 Å². The van der Waals surface area contributed by atoms with Gasteiger partial charge in [-0.25, -0.2) is 14.8 Å². The second-order valence-corrected chi connectivity index (χ2v) is 6.44. The van der Waals surface area contributed by atoms with Gasteiger partial charge in [-0.1, -0.05) is 12.8 Å². The molecule has 146 valence electrons. The highest BCUT2D eigenvalue weighted by Gasteiger charge is 2.07. The number of carbonyl (C=O) groups is 2. The van der Waals surface area contributed by atoms with Crippen molar-refractivity contribution in [2.45, 2.75) is 38.6 Å². The van der Waals surface area contributed by atoms with Crippen LogP contribution in [0.2, 0.25) is 0 Å². The Labute approximate surface area is 160 Å². The van der Waals surface area contributed by atoms with Crippen molar-refractivity contribution in [2.24, 2.45) is 0 Å². The van der Waals surface area contributed by atoms with Gasteiger partial charge in [0.25, 0.3) is 5.56 Å². The van der Waals surface area contributed by atoms with E-state index in [4.69, 9.17) is 5.11 Å². The van der Waals surface area contributed by atoms with E-state index >= 15 is 0 Å². The summed E-state index contributed by atoms with van der Waals surface area (Å²) in [5.41, 5.74) is 1.45. The fourth-order valence-electron chi connectivity index (χ4n) is 2.90. The largest absolute Gasteiger partial charge is 0.478 e. The highest BCUT2D eigenvalue weighted by atomic mass is 16.4. The molecule has 0 aliphatic heterocycles. The maximum atomic E-state index is 11.9. The first-order valence-electron chi connectivity index (χ1n) is 9.06. The third-order valence-electron chi connectivity index (χ3n) is 4.38. The second-order valence-electron chi connectivity index (χ2n) is 6.44. The van der Waals surface area contributed by atoms with E-state index in [1.54, 1.807) is 18.5 Å². The van der Waals surface area contributed by atoms with Gasteiger partial charge in [-0.3, -0.25) is 9.59 Å². The molecule has 1 amide bonds. The standard InChI is InChI=1S/C19H21N5O4/c25-15(23-14-8-6-13(7-9-14)19(27)28)5-3-1-2-4-10-24-12-22-16-17(24)20-11-21-18(16)26/h6-9,11-12H,1-5,10H2,(H,23,25)(H,27,28)(H,20,21,26). The molecule has 0 radical (unpaired) electrons. The molecule has 0 saturated carbocycles. The Bertz CT molecular complexity index is 1020. The van der Waals surface area contributed by atoms with E-state index in [1.165, 1.54) is 18.5 Å². The third kappa shape index (κ3) is 4.81. The fourth-order valence-corrected chi connectivity index (χ4v) is 2.90. The number of imidazole rings is 1. The Balaban J connectivity index is 1.35. The van der Waals surface area contributed by atoms with Crippen LogP contribution in [0.5, 0.6) is 0 Å². The molecule has 2 aromatic heterocycles. The molecule has 3 aromatic rings. The minimum atomic E-state index is -0.996. The average Bonchev–Trinajstić information content (AvgIpc) is 3.09. The van der Waals surface area contributed by atoms with Gasteiger partial charge in [-0.15, -0.1) is 0 Å². The van der Waals surface area contributed by atoms with Crippen LogP contribution in [-0.2, 0) is 11.3 Å². The van der Waals surface area contributed by atoms with Gasteiger partial charge in [0, 0.05) is 18.7 Å². The van der Waals surface area contributed by atoms with Crippen LogP contribution in [0.4, 0.5) is 5.69 Å². The van der Waals surface area contributed by atoms with Gasteiger partial charge in [0.15, 0.2) is 11.2 Å². The molecule has 0 unspecified atom stereocenters. The van der Waals surface area contributed by atoms with Crippen LogP contribution in [0.25, 0.3) is 11.2 Å². The second kappa shape index (κ2) is 8.94. The van der Waals surface area contributed by atoms with Crippen LogP contribution in [0.1, 0.15) is 42.5 Å². The molecule has 1 aromatic carbocycles. The number of amides is 1. The van der Waals surface area contributed by atoms with Gasteiger partial charge in [0.1, 0.15) is 0 Å². The monoisotopic (exact) mass is 383 g/mol. The summed E-state index contributed by atoms with van der Waals surface area (Å²) in [6.45, 7) is 0.717. The fraction of sp³-hybridized carbons (Fsp3) is 0.316. The van der Waals surface area contributed by atoms with Crippen LogP contribution < -0.4 is 10.9 Å². The van der Waals surface area contributed by atoms with Crippen LogP contribution >= 0.6 is 0 Å². The summed E-state index contributed by atoms with van der Waals surface area (Å²) in [4.78, 5) is 45.1. The number of carboxylic acids is 1. The number of benzene rings is 1. The van der Waals surface area contributed by atoms with Crippen LogP contribution in [-0.4, -0.2) is 36.5 Å². The smallest absolute Gasteiger partial charge is 0.335 e. The van der Waals surface area contributed by atoms with Gasteiger partial charge >= 0.3 is 5.97 Å². The first kappa shape index (κ1) is 19.3. The summed E-state index contributed by atoms with van der Waals surface area (Å²) in [5.74, 6) is -1.09. The lowest BCUT2D eigenvalue weighted by Gasteiger charge is -2.06. The van der Waals surface area contributed by atoms with E-state index in [-0.39, 0.29) is 17.0 Å². The minimum absolute atomic E-state index is 0.0906. The molecule has 2 heterocycles. The number of aromatic amines is 1. The Kier molecular flexibility index (Phi) is 6.15. The number of hydrogen-bond donors (Lipinski definition) is 3. The topological polar surface area (TPSA) is 130 Å². The van der Waals surface area contributed by atoms with Crippen molar-refractivity contribution in [3.05, 3.63) is 52.8 Å². The Morgan fingerprint density at radius 2 is 1.82 bits per heavy atom. The van der Waals surface area contributed by atoms with E-state index < -0.39 is 5.97 Å². The number of carbonyl (C=O) groups excluding carboxylic acids is 1. The molecule has 0 aliphatic rings. The highest BCUT2D eigenvalue weighted by Crippen LogP contribution is 2.12. The van der Waals surface area contributed by atoms with Crippen molar-refractivity contribution in [3.8, 4) is 0 Å². The van der Waals surface area contributed by atoms with Gasteiger partial charge < -0.3 is 20.0 Å². The summed E-state index contributed by atoms with van der Waals surface area (Å²) in [6, 6.07) is 6.08. The number of carboxylic acid groups (broad SMARTS) is 1. The molecule has 0 bridgehead atoms. The van der Waals surface area contributed by atoms with Crippen molar-refractivity contribution in [2.75, 3.05) is 5.32 Å². The molecule has 28 heavy (non-hydrogen) atoms. The number of aryl methyl sites for hydroxylation is 1. The first-order chi connectivity index (χ1) is 13.5. The van der Waals surface area contributed by atoms with Crippen LogP contribution in [0.3, 0.4) is 0 Å². The molecular weight excluding hydrogens is 362 g/mol. The number of H-pyrrole nitrogens is 1. The molecule has 0 saturated heterocycles. The maximum absolute atomic E-state index is 11.9. The summed E-state index contributed by atoms with van der Waals surface area (Å²) in [6.07, 6.45) is 6.92. The zero-order valence-electron chi connectivity index (χ0n) is 15.2. The van der Waals surface area contributed by atoms with Gasteiger partial charge in [-0.05, 0) is 37.1 Å². The van der Waals surface area contributed by atoms with Crippen molar-refractivity contribution >= 4 is 28.7 Å². The van der Waals surface area contributed by atoms with Crippen molar-refractivity contribution in [3.63, 3.8) is 0 Å². The molecule has 0 atom stereocenters. The van der Waals surface area contributed by atoms with Crippen molar-refractivity contribution in [1.29, 1.82) is 0 Å². The molecule has 9 heteroatoms. The summed E-state index contributed by atoms with van der Waals surface area (Å²) < 4.78 is 1.86. The molecule has 0 spiro atoms. The quantitative estimate of drug-likeness (QED) is 0.487. The van der Waals surface area contributed by atoms with E-state index in [9.17, 15) is 14.4 Å². The number of unbranched alkanes of at least 4 members (excludes halogenated alkanes) is 3. The lowest BCUT2D eigenvalue weighted by Crippen LogP contribution is -2.11. The number of aromatic carboxylic acids is 1. The van der Waals surface area contributed by atoms with Crippen molar-refractivity contribution in [1.82, 2.24) is 19.5 Å². The molecule has 3 N–H and O–H groups in total. The highest BCUT2D eigenvalue weighted by molar-refractivity contribution is 5.92. The Morgan fingerprint density at radius 3 is 2.57 bits per heavy atom. The number of aromatic nitrogens is 4. The van der Waals surface area contributed by atoms with E-state index in [0.717, 1.165) is 32.2 Å². The summed E-state index contributed by atoms with van der Waals surface area (Å²) >= 11 is 0. The number of rotatable bonds is 9. The van der Waals surface area contributed by atoms with E-state index in [2.05, 4.69) is 20.3 Å². The lowest BCUT2D eigenvalue weighted by molar-refractivity contribution is -0.116. The normalized spacial score (nSPS) is 10.9. The van der Waals surface area contributed by atoms with Gasteiger partial charge in [-0.2, -0.15) is 0 Å². The number of anilines is 1. The van der Waals surface area contributed by atoms with Crippen LogP contribution in [0, 0.1) is 0 Å². The van der Waals surface area contributed by atoms with E-state index in [1.807, 2.05) is 4.57 Å². The molecule has 9 nitrogen and oxygen atoms in total. The van der Waals surface area contributed by atoms with E-state index in [0.29, 0.717) is 23.3 Å². The number of nitrogens with one attached hydrogen (secondary N) is 2. The Hall–Kier alpha value is -3.49. The summed E-state index contributed by atoms with van der Waals surface area (Å²) in [7, 11) is 0. The summed E-state index contributed by atoms with van der Waals surface area (Å²) in [5, 5.41) is 11.6. The number of fused-ring (bicyclic) bond motifs is 1. The predicted molar refractivity (Wildman–Crippen MR) is 103 cm³/mol. The molecule has 3 rings (SSSR count). The lowest BCUT2D eigenvalue weighted by atomic mass is 10.1. The Morgan fingerprint density at radius 1 is 1.07 bits per heavy atom. The average molecular weight is 383 g/mol. The zero-order valence-corrected chi connectivity index (χ0v) is 15.2. The van der Waals surface area contributed by atoms with Gasteiger partial charge in [0.2, 0.25) is 5.91 Å². The SMILES string of the molecule is O=C(CCCCCCn1cnc2c(=O)[nH]cnc21)Nc1ccc(C(=O)O)cc1. The minimum Gasteiger partial charge on any atom is -0.478 e. The predicted octanol–water partition coefficient (Wildman–Crippen LogP) is 2.41. The number of hydrogen-bond acceptors (Lipinski definition) is 5. The van der Waals surface area contributed by atoms with Crippen molar-refractivity contribution < 1.29 is 14.7 Å². The molecular formula is C19H21N5O4.